The van der Waals surface area contributed by atoms with Crippen LogP contribution >= 0.6 is 0 Å². The predicted molar refractivity (Wildman–Crippen MR) is 97.9 cm³/mol. The summed E-state index contributed by atoms with van der Waals surface area (Å²) in [6, 6.07) is 3.21. The predicted octanol–water partition coefficient (Wildman–Crippen LogP) is 4.15. The van der Waals surface area contributed by atoms with E-state index in [1.165, 1.54) is 0 Å². The van der Waals surface area contributed by atoms with Gasteiger partial charge in [-0.15, -0.1) is 0 Å². The summed E-state index contributed by atoms with van der Waals surface area (Å²) in [5, 5.41) is 9.62. The summed E-state index contributed by atoms with van der Waals surface area (Å²) in [5.74, 6) is -0.189. The Kier molecular flexibility index (Phi) is 10.7. The van der Waals surface area contributed by atoms with Gasteiger partial charge in [0.2, 0.25) is 0 Å². The van der Waals surface area contributed by atoms with Crippen LogP contribution in [0.5, 0.6) is 0 Å². The van der Waals surface area contributed by atoms with Gasteiger partial charge in [0, 0.05) is 24.0 Å². The summed E-state index contributed by atoms with van der Waals surface area (Å²) < 4.78 is 11.7. The molecule has 0 aliphatic rings. The quantitative estimate of drug-likeness (QED) is 0.347. The average Bonchev–Trinajstić information content (AvgIpc) is 2.56. The molecule has 1 N–H and O–H groups in total. The van der Waals surface area contributed by atoms with Crippen LogP contribution in [0.1, 0.15) is 48.5 Å². The summed E-state index contributed by atoms with van der Waals surface area (Å²) in [4.78, 5) is 11.8. The molecule has 0 aliphatic carbocycles. The fourth-order valence-electron chi connectivity index (χ4n) is 2.94. The Bertz CT molecular complexity index is 369. The van der Waals surface area contributed by atoms with Gasteiger partial charge >= 0.3 is 5.97 Å². The van der Waals surface area contributed by atoms with Gasteiger partial charge in [0.05, 0.1) is 12.7 Å². The van der Waals surface area contributed by atoms with E-state index in [1.54, 1.807) is 13.8 Å². The van der Waals surface area contributed by atoms with Crippen molar-refractivity contribution in [3.8, 4) is 0 Å². The lowest BCUT2D eigenvalue weighted by Crippen LogP contribution is -2.45. The van der Waals surface area contributed by atoms with Crippen LogP contribution in [0.25, 0.3) is 0 Å². The lowest BCUT2D eigenvalue weighted by atomic mass is 9.92. The second-order valence-electron chi connectivity index (χ2n) is 6.42. The van der Waals surface area contributed by atoms with Crippen molar-refractivity contribution in [2.45, 2.75) is 72.7 Å². The van der Waals surface area contributed by atoms with Gasteiger partial charge in [-0.25, -0.2) is 4.79 Å². The Hall–Kier alpha value is -0.653. The number of aliphatic hydroxyl groups is 1. The third-order valence-electron chi connectivity index (χ3n) is 4.80. The minimum Gasteiger partial charge on any atom is -0.463 e. The van der Waals surface area contributed by atoms with E-state index in [0.717, 1.165) is 18.1 Å². The number of hydrogen-bond acceptors (Lipinski definition) is 4. The maximum absolute atomic E-state index is 11.8. The third-order valence-corrected chi connectivity index (χ3v) is 9.43. The molecule has 0 amide bonds. The van der Waals surface area contributed by atoms with Crippen LogP contribution in [0.3, 0.4) is 0 Å². The van der Waals surface area contributed by atoms with Crippen LogP contribution in [0.15, 0.2) is 11.6 Å². The fraction of sp³-hybridized carbons (Fsp3) is 0.833. The van der Waals surface area contributed by atoms with Crippen molar-refractivity contribution < 1.29 is 19.1 Å². The van der Waals surface area contributed by atoms with Crippen molar-refractivity contribution in [1.29, 1.82) is 0 Å². The number of hydrogen-bond donors (Lipinski definition) is 1. The molecule has 136 valence electrons. The van der Waals surface area contributed by atoms with Crippen LogP contribution in [0.2, 0.25) is 18.1 Å². The Morgan fingerprint density at radius 1 is 1.13 bits per heavy atom. The van der Waals surface area contributed by atoms with Crippen molar-refractivity contribution in [2.75, 3.05) is 13.2 Å². The first-order chi connectivity index (χ1) is 10.8. The summed E-state index contributed by atoms with van der Waals surface area (Å²) in [7, 11) is -1.77. The second kappa shape index (κ2) is 11.0. The van der Waals surface area contributed by atoms with E-state index in [2.05, 4.69) is 27.7 Å². The Labute approximate surface area is 143 Å². The third kappa shape index (κ3) is 6.77. The molecule has 23 heavy (non-hydrogen) atoms. The molecule has 0 aromatic rings. The molecule has 0 unspecified atom stereocenters. The number of rotatable bonds is 11. The first kappa shape index (κ1) is 22.3. The van der Waals surface area contributed by atoms with Crippen molar-refractivity contribution in [3.05, 3.63) is 11.6 Å². The zero-order valence-corrected chi connectivity index (χ0v) is 17.0. The van der Waals surface area contributed by atoms with Gasteiger partial charge in [0.1, 0.15) is 0 Å². The molecule has 0 aromatic heterocycles. The van der Waals surface area contributed by atoms with Gasteiger partial charge in [-0.2, -0.15) is 0 Å². The zero-order chi connectivity index (χ0) is 18.0. The molecule has 0 aromatic carbocycles. The van der Waals surface area contributed by atoms with Crippen LogP contribution in [-0.4, -0.2) is 38.7 Å². The molecule has 0 radical (unpaired) electrons. The molecule has 0 saturated heterocycles. The Morgan fingerprint density at radius 2 is 1.65 bits per heavy atom. The molecule has 5 heteroatoms. The molecule has 0 heterocycles. The fourth-order valence-corrected chi connectivity index (χ4v) is 5.96. The molecule has 0 saturated carbocycles. The van der Waals surface area contributed by atoms with Crippen LogP contribution in [0.4, 0.5) is 0 Å². The van der Waals surface area contributed by atoms with Gasteiger partial charge in [-0.1, -0.05) is 40.7 Å². The van der Waals surface area contributed by atoms with Crippen molar-refractivity contribution in [1.82, 2.24) is 0 Å². The SMILES string of the molecule is CCOC(=O)/C(C)=C/[C@H](C)[C@H](O[Si](CC)(CC)CC)[C@H](C)CO. The number of aliphatic hydroxyl groups excluding tert-OH is 1. The molecule has 0 aliphatic heterocycles. The van der Waals surface area contributed by atoms with Gasteiger partial charge < -0.3 is 14.3 Å². The summed E-state index contributed by atoms with van der Waals surface area (Å²) in [6.45, 7) is 14.7. The minimum absolute atomic E-state index is 0.0350. The highest BCUT2D eigenvalue weighted by Crippen LogP contribution is 2.30. The molecule has 3 atom stereocenters. The van der Waals surface area contributed by atoms with E-state index in [0.29, 0.717) is 12.2 Å². The van der Waals surface area contributed by atoms with Gasteiger partial charge in [-0.05, 0) is 32.0 Å². The van der Waals surface area contributed by atoms with Gasteiger partial charge in [-0.3, -0.25) is 0 Å². The number of esters is 1. The van der Waals surface area contributed by atoms with Crippen LogP contribution < -0.4 is 0 Å². The first-order valence-electron chi connectivity index (χ1n) is 8.94. The molecule has 0 bridgehead atoms. The van der Waals surface area contributed by atoms with Gasteiger partial charge in [0.25, 0.3) is 0 Å². The monoisotopic (exact) mass is 344 g/mol. The van der Waals surface area contributed by atoms with E-state index < -0.39 is 8.32 Å². The highest BCUT2D eigenvalue weighted by Gasteiger charge is 2.35. The highest BCUT2D eigenvalue weighted by molar-refractivity contribution is 6.73. The van der Waals surface area contributed by atoms with E-state index in [1.807, 2.05) is 13.0 Å². The van der Waals surface area contributed by atoms with E-state index >= 15 is 0 Å². The molecule has 4 nitrogen and oxygen atoms in total. The lowest BCUT2D eigenvalue weighted by Gasteiger charge is -2.38. The zero-order valence-electron chi connectivity index (χ0n) is 16.0. The maximum Gasteiger partial charge on any atom is 0.333 e. The maximum atomic E-state index is 11.8. The topological polar surface area (TPSA) is 55.8 Å². The summed E-state index contributed by atoms with van der Waals surface area (Å²) in [6.07, 6.45) is 1.85. The smallest absolute Gasteiger partial charge is 0.333 e. The summed E-state index contributed by atoms with van der Waals surface area (Å²) in [5.41, 5.74) is 0.606. The standard InChI is InChI=1S/C18H36O4Si/c1-8-21-18(20)15(6)12-14(5)17(16(7)13-19)22-23(9-2,10-3)11-4/h12,14,16-17,19H,8-11,13H2,1-7H3/b15-12+/t14-,16+,17-/m0/s1. The van der Waals surface area contributed by atoms with Crippen LogP contribution in [-0.2, 0) is 14.0 Å². The van der Waals surface area contributed by atoms with Crippen molar-refractivity contribution in [3.63, 3.8) is 0 Å². The Balaban J connectivity index is 5.32. The second-order valence-corrected chi connectivity index (χ2v) is 11.1. The molecule has 0 fully saturated rings. The van der Waals surface area contributed by atoms with E-state index in [9.17, 15) is 9.90 Å². The first-order valence-corrected chi connectivity index (χ1v) is 11.5. The highest BCUT2D eigenvalue weighted by atomic mass is 28.4. The van der Waals surface area contributed by atoms with E-state index in [-0.39, 0.29) is 30.5 Å². The molecule has 0 spiro atoms. The minimum atomic E-state index is -1.77. The molecule has 0 rings (SSSR count). The van der Waals surface area contributed by atoms with E-state index in [4.69, 9.17) is 9.16 Å². The lowest BCUT2D eigenvalue weighted by molar-refractivity contribution is -0.138. The Morgan fingerprint density at radius 3 is 2.04 bits per heavy atom. The number of carbonyl (C=O) groups excluding carboxylic acids is 1. The van der Waals surface area contributed by atoms with Gasteiger partial charge in [0.15, 0.2) is 8.32 Å². The largest absolute Gasteiger partial charge is 0.463 e. The van der Waals surface area contributed by atoms with Crippen molar-refractivity contribution >= 4 is 14.3 Å². The van der Waals surface area contributed by atoms with Crippen LogP contribution in [0, 0.1) is 11.8 Å². The molecular formula is C18H36O4Si. The normalized spacial score (nSPS) is 16.8. The average molecular weight is 345 g/mol. The molecular weight excluding hydrogens is 308 g/mol. The number of ether oxygens (including phenoxy) is 1. The van der Waals surface area contributed by atoms with Crippen molar-refractivity contribution in [2.24, 2.45) is 11.8 Å². The summed E-state index contributed by atoms with van der Waals surface area (Å²) >= 11 is 0. The number of carbonyl (C=O) groups is 1.